The van der Waals surface area contributed by atoms with Gasteiger partial charge >= 0.3 is 0 Å². The van der Waals surface area contributed by atoms with E-state index in [1.54, 1.807) is 6.20 Å². The molecule has 1 amide bonds. The topological polar surface area (TPSA) is 84.6 Å². The average molecular weight is 408 g/mol. The number of morpholine rings is 1. The van der Waals surface area contributed by atoms with E-state index in [2.05, 4.69) is 33.0 Å². The molecule has 30 heavy (non-hydrogen) atoms. The van der Waals surface area contributed by atoms with Gasteiger partial charge in [0, 0.05) is 37.8 Å². The monoisotopic (exact) mass is 407 g/mol. The van der Waals surface area contributed by atoms with Crippen LogP contribution in [0.5, 0.6) is 0 Å². The number of rotatable bonds is 4. The van der Waals surface area contributed by atoms with Crippen molar-refractivity contribution in [1.29, 1.82) is 0 Å². The maximum absolute atomic E-state index is 12.1. The number of aromatic nitrogens is 2. The Morgan fingerprint density at radius 3 is 2.53 bits per heavy atom. The van der Waals surface area contributed by atoms with Crippen molar-refractivity contribution in [3.63, 3.8) is 0 Å². The van der Waals surface area contributed by atoms with E-state index in [0.717, 1.165) is 56.4 Å². The number of primary amides is 1. The predicted octanol–water partition coefficient (Wildman–Crippen LogP) is 2.03. The molecule has 2 N–H and O–H groups in total. The highest BCUT2D eigenvalue weighted by Crippen LogP contribution is 2.30. The van der Waals surface area contributed by atoms with Crippen LogP contribution in [0.25, 0.3) is 11.3 Å². The van der Waals surface area contributed by atoms with E-state index >= 15 is 0 Å². The first kappa shape index (κ1) is 19.5. The van der Waals surface area contributed by atoms with Gasteiger partial charge in [-0.3, -0.25) is 9.69 Å². The molecular formula is C23H29N5O2. The molecule has 1 aromatic carbocycles. The first-order chi connectivity index (χ1) is 14.7. The highest BCUT2D eigenvalue weighted by Gasteiger charge is 2.27. The molecular weight excluding hydrogens is 378 g/mol. The Morgan fingerprint density at radius 1 is 1.07 bits per heavy atom. The third-order valence-electron chi connectivity index (χ3n) is 6.74. The smallest absolute Gasteiger partial charge is 0.269 e. The number of hydrogen-bond donors (Lipinski definition) is 1. The molecule has 1 saturated heterocycles. The minimum absolute atomic E-state index is 0.233. The van der Waals surface area contributed by atoms with E-state index in [4.69, 9.17) is 15.5 Å². The van der Waals surface area contributed by atoms with Crippen LogP contribution in [0.4, 0.5) is 5.82 Å². The van der Waals surface area contributed by atoms with Gasteiger partial charge in [0.2, 0.25) is 0 Å². The summed E-state index contributed by atoms with van der Waals surface area (Å²) in [4.78, 5) is 26.1. The summed E-state index contributed by atoms with van der Waals surface area (Å²) in [5.74, 6) is 0.224. The number of nitrogens with zero attached hydrogens (tertiary/aromatic N) is 4. The van der Waals surface area contributed by atoms with Crippen LogP contribution in [-0.4, -0.2) is 66.2 Å². The van der Waals surface area contributed by atoms with Crippen molar-refractivity contribution in [3.05, 3.63) is 41.2 Å². The molecule has 1 aromatic heterocycles. The number of benzene rings is 1. The molecule has 5 rings (SSSR count). The Kier molecular flexibility index (Phi) is 5.39. The third-order valence-corrected chi connectivity index (χ3v) is 6.74. The van der Waals surface area contributed by atoms with Crippen LogP contribution in [0.1, 0.15) is 40.9 Å². The molecule has 7 nitrogen and oxygen atoms in total. The summed E-state index contributed by atoms with van der Waals surface area (Å²) in [5.41, 5.74) is 10.1. The number of carbonyl (C=O) groups is 1. The molecule has 2 aliphatic heterocycles. The van der Waals surface area contributed by atoms with Crippen molar-refractivity contribution >= 4 is 11.7 Å². The lowest BCUT2D eigenvalue weighted by atomic mass is 9.91. The Bertz CT molecular complexity index is 937. The zero-order chi connectivity index (χ0) is 20.5. The van der Waals surface area contributed by atoms with Crippen molar-refractivity contribution < 1.29 is 9.53 Å². The van der Waals surface area contributed by atoms with Crippen LogP contribution in [0.2, 0.25) is 0 Å². The van der Waals surface area contributed by atoms with Gasteiger partial charge in [0.15, 0.2) is 5.69 Å². The van der Waals surface area contributed by atoms with Crippen LogP contribution in [0.3, 0.4) is 0 Å². The van der Waals surface area contributed by atoms with Crippen molar-refractivity contribution in [2.45, 2.75) is 38.1 Å². The van der Waals surface area contributed by atoms with Gasteiger partial charge in [-0.1, -0.05) is 18.6 Å². The van der Waals surface area contributed by atoms with Gasteiger partial charge in [0.1, 0.15) is 11.5 Å². The van der Waals surface area contributed by atoms with Gasteiger partial charge in [-0.15, -0.1) is 0 Å². The average Bonchev–Trinajstić information content (AvgIpc) is 2.95. The lowest BCUT2D eigenvalue weighted by Gasteiger charge is -2.36. The van der Waals surface area contributed by atoms with Gasteiger partial charge < -0.3 is 15.4 Å². The lowest BCUT2D eigenvalue weighted by Crippen LogP contribution is -2.41. The fraction of sp³-hybridized carbons (Fsp3) is 0.522. The van der Waals surface area contributed by atoms with Gasteiger partial charge in [0.25, 0.3) is 5.91 Å². The zero-order valence-electron chi connectivity index (χ0n) is 17.3. The fourth-order valence-corrected chi connectivity index (χ4v) is 4.71. The number of fused-ring (bicyclic) bond motifs is 1. The van der Waals surface area contributed by atoms with Crippen LogP contribution in [0, 0.1) is 0 Å². The number of carbonyl (C=O) groups excluding carboxylic acids is 1. The number of nitrogens with two attached hydrogens (primary N) is 1. The summed E-state index contributed by atoms with van der Waals surface area (Å²) in [5, 5.41) is 0. The van der Waals surface area contributed by atoms with E-state index < -0.39 is 5.91 Å². The van der Waals surface area contributed by atoms with Crippen molar-refractivity contribution in [2.75, 3.05) is 44.3 Å². The Morgan fingerprint density at radius 2 is 1.83 bits per heavy atom. The highest BCUT2D eigenvalue weighted by atomic mass is 16.5. The Hall–Kier alpha value is -2.51. The molecule has 2 fully saturated rings. The van der Waals surface area contributed by atoms with Crippen LogP contribution >= 0.6 is 0 Å². The van der Waals surface area contributed by atoms with E-state index in [0.29, 0.717) is 18.9 Å². The van der Waals surface area contributed by atoms with Crippen molar-refractivity contribution in [1.82, 2.24) is 14.9 Å². The minimum atomic E-state index is -0.544. The molecule has 1 aliphatic carbocycles. The maximum Gasteiger partial charge on any atom is 0.269 e. The second-order valence-electron chi connectivity index (χ2n) is 8.49. The van der Waals surface area contributed by atoms with Crippen LogP contribution in [0.15, 0.2) is 24.4 Å². The molecule has 0 bridgehead atoms. The fourth-order valence-electron chi connectivity index (χ4n) is 4.71. The third kappa shape index (κ3) is 3.79. The van der Waals surface area contributed by atoms with Crippen LogP contribution < -0.4 is 10.6 Å². The largest absolute Gasteiger partial charge is 0.378 e. The summed E-state index contributed by atoms with van der Waals surface area (Å²) in [6.07, 6.45) is 7.80. The Balaban J connectivity index is 1.46. The Labute approximate surface area is 177 Å². The molecule has 2 aromatic rings. The number of anilines is 1. The van der Waals surface area contributed by atoms with E-state index in [9.17, 15) is 4.79 Å². The second kappa shape index (κ2) is 8.32. The first-order valence-electron chi connectivity index (χ1n) is 11.0. The molecule has 3 aliphatic rings. The molecule has 1 saturated carbocycles. The predicted molar refractivity (Wildman–Crippen MR) is 116 cm³/mol. The second-order valence-corrected chi connectivity index (χ2v) is 8.49. The van der Waals surface area contributed by atoms with E-state index in [1.165, 1.54) is 30.4 Å². The SMILES string of the molecule is NC(=O)c1ncc(N2CCOCC2)nc1-c1ccc2c(c1)CCN(C1CCC1)CC2. The normalized spacial score (nSPS) is 20.3. The summed E-state index contributed by atoms with van der Waals surface area (Å²) in [6.45, 7) is 5.12. The van der Waals surface area contributed by atoms with Gasteiger partial charge in [-0.25, -0.2) is 9.97 Å². The van der Waals surface area contributed by atoms with Crippen molar-refractivity contribution in [3.8, 4) is 11.3 Å². The van der Waals surface area contributed by atoms with Crippen LogP contribution in [-0.2, 0) is 17.6 Å². The summed E-state index contributed by atoms with van der Waals surface area (Å²) in [6, 6.07) is 7.23. The molecule has 0 radical (unpaired) electrons. The molecule has 0 spiro atoms. The zero-order valence-corrected chi connectivity index (χ0v) is 17.3. The molecule has 0 atom stereocenters. The number of amides is 1. The van der Waals surface area contributed by atoms with Crippen molar-refractivity contribution in [2.24, 2.45) is 5.73 Å². The maximum atomic E-state index is 12.1. The standard InChI is InChI=1S/C23H29N5O2/c24-23(29)22-21(26-20(15-25-22)28-10-12-30-13-11-28)18-5-4-16-6-8-27(19-2-1-3-19)9-7-17(16)14-18/h4-5,14-15,19H,1-3,6-13H2,(H2,24,29). The first-order valence-corrected chi connectivity index (χ1v) is 11.0. The highest BCUT2D eigenvalue weighted by molar-refractivity contribution is 5.97. The van der Waals surface area contributed by atoms with Gasteiger partial charge in [-0.2, -0.15) is 0 Å². The van der Waals surface area contributed by atoms with Gasteiger partial charge in [-0.05, 0) is 42.9 Å². The van der Waals surface area contributed by atoms with E-state index in [1.807, 2.05) is 0 Å². The molecule has 0 unspecified atom stereocenters. The lowest BCUT2D eigenvalue weighted by molar-refractivity contribution is 0.0995. The molecule has 3 heterocycles. The summed E-state index contributed by atoms with van der Waals surface area (Å²) in [7, 11) is 0. The van der Waals surface area contributed by atoms with E-state index in [-0.39, 0.29) is 5.69 Å². The minimum Gasteiger partial charge on any atom is -0.378 e. The summed E-state index contributed by atoms with van der Waals surface area (Å²) < 4.78 is 5.44. The quantitative estimate of drug-likeness (QED) is 0.835. The van der Waals surface area contributed by atoms with Gasteiger partial charge in [0.05, 0.1) is 19.4 Å². The number of hydrogen-bond acceptors (Lipinski definition) is 6. The molecule has 7 heteroatoms. The molecule has 158 valence electrons. The summed E-state index contributed by atoms with van der Waals surface area (Å²) >= 11 is 0. The number of ether oxygens (including phenoxy) is 1.